The summed E-state index contributed by atoms with van der Waals surface area (Å²) in [6.45, 7) is 3.96. The first-order valence-corrected chi connectivity index (χ1v) is 11.9. The number of carbonyl (C=O) groups excluding carboxylic acids is 3. The van der Waals surface area contributed by atoms with Crippen molar-refractivity contribution in [2.75, 3.05) is 63.2 Å². The third-order valence-corrected chi connectivity index (χ3v) is 6.51. The summed E-state index contributed by atoms with van der Waals surface area (Å²) < 4.78 is 18.5. The van der Waals surface area contributed by atoms with Crippen LogP contribution >= 0.6 is 0 Å². The third kappa shape index (κ3) is 6.36. The fourth-order valence-electron chi connectivity index (χ4n) is 4.49. The molecule has 2 saturated heterocycles. The van der Waals surface area contributed by atoms with Gasteiger partial charge in [-0.3, -0.25) is 14.4 Å². The Hall–Kier alpha value is -3.46. The van der Waals surface area contributed by atoms with Gasteiger partial charge in [0.05, 0.1) is 19.8 Å². The number of hydrogen-bond donors (Lipinski definition) is 1. The Kier molecular flexibility index (Phi) is 7.97. The molecule has 2 fully saturated rings. The van der Waals surface area contributed by atoms with E-state index < -0.39 is 0 Å². The molecule has 0 unspecified atom stereocenters. The van der Waals surface area contributed by atoms with E-state index in [2.05, 4.69) is 10.2 Å². The van der Waals surface area contributed by atoms with E-state index >= 15 is 0 Å². The second-order valence-electron chi connectivity index (χ2n) is 8.96. The Bertz CT molecular complexity index is 1030. The van der Waals surface area contributed by atoms with Crippen molar-refractivity contribution in [3.63, 3.8) is 0 Å². The number of likely N-dealkylation sites (N-methyl/N-ethyl adjacent to an activating group) is 1. The number of piperidine rings is 1. The Balaban J connectivity index is 1.22. The minimum Gasteiger partial charge on any atom is -0.378 e. The number of rotatable bonds is 6. The number of halogens is 1. The lowest BCUT2D eigenvalue weighted by Gasteiger charge is -2.33. The molecule has 0 atom stereocenters. The van der Waals surface area contributed by atoms with Crippen molar-refractivity contribution in [2.24, 2.45) is 5.92 Å². The summed E-state index contributed by atoms with van der Waals surface area (Å²) >= 11 is 0. The minimum absolute atomic E-state index is 0.0429. The molecule has 186 valence electrons. The maximum Gasteiger partial charge on any atom is 0.253 e. The highest BCUT2D eigenvalue weighted by Gasteiger charge is 2.30. The number of carbonyl (C=O) groups is 3. The van der Waals surface area contributed by atoms with Crippen LogP contribution in [0.5, 0.6) is 0 Å². The number of hydrogen-bond acceptors (Lipinski definition) is 5. The van der Waals surface area contributed by atoms with E-state index in [-0.39, 0.29) is 36.0 Å². The molecule has 2 aromatic rings. The summed E-state index contributed by atoms with van der Waals surface area (Å²) in [6.07, 6.45) is 1.06. The molecule has 0 aromatic heterocycles. The zero-order valence-corrected chi connectivity index (χ0v) is 19.9. The van der Waals surface area contributed by atoms with Crippen molar-refractivity contribution in [1.82, 2.24) is 9.80 Å². The van der Waals surface area contributed by atoms with Gasteiger partial charge in [0, 0.05) is 56.1 Å². The molecule has 2 heterocycles. The van der Waals surface area contributed by atoms with Gasteiger partial charge < -0.3 is 24.8 Å². The normalized spacial score (nSPS) is 16.6. The highest BCUT2D eigenvalue weighted by atomic mass is 19.1. The zero-order valence-electron chi connectivity index (χ0n) is 19.9. The van der Waals surface area contributed by atoms with Crippen LogP contribution in [-0.4, -0.2) is 80.5 Å². The molecule has 2 aromatic carbocycles. The lowest BCUT2D eigenvalue weighted by atomic mass is 9.95. The minimum atomic E-state index is -0.386. The molecular formula is C26H31FN4O4. The Morgan fingerprint density at radius 1 is 0.971 bits per heavy atom. The number of amides is 3. The molecule has 0 aliphatic carbocycles. The topological polar surface area (TPSA) is 82.2 Å². The highest BCUT2D eigenvalue weighted by Crippen LogP contribution is 2.22. The van der Waals surface area contributed by atoms with E-state index in [1.54, 1.807) is 11.9 Å². The second kappa shape index (κ2) is 11.3. The summed E-state index contributed by atoms with van der Waals surface area (Å²) in [7, 11) is 1.62. The molecule has 35 heavy (non-hydrogen) atoms. The van der Waals surface area contributed by atoms with Gasteiger partial charge in [0.2, 0.25) is 11.8 Å². The summed E-state index contributed by atoms with van der Waals surface area (Å²) in [5.74, 6) is -1.15. The molecule has 9 heteroatoms. The lowest BCUT2D eigenvalue weighted by Crippen LogP contribution is -2.45. The number of ether oxygens (including phenoxy) is 1. The number of benzene rings is 2. The monoisotopic (exact) mass is 482 g/mol. The van der Waals surface area contributed by atoms with Crippen LogP contribution in [0.15, 0.2) is 48.5 Å². The largest absolute Gasteiger partial charge is 0.378 e. The van der Waals surface area contributed by atoms with Crippen LogP contribution in [0.4, 0.5) is 15.8 Å². The molecule has 3 amide bonds. The first-order valence-electron chi connectivity index (χ1n) is 11.9. The predicted molar refractivity (Wildman–Crippen MR) is 131 cm³/mol. The number of nitrogens with one attached hydrogen (secondary N) is 1. The summed E-state index contributed by atoms with van der Waals surface area (Å²) in [5.41, 5.74) is 2.20. The maximum atomic E-state index is 13.1. The molecule has 0 saturated carbocycles. The van der Waals surface area contributed by atoms with Gasteiger partial charge in [-0.2, -0.15) is 0 Å². The standard InChI is InChI=1S/C26H31FN4O4/c1-29(18-24(32)28-22-6-8-23(9-7-22)30-14-16-35-17-15-30)25(33)20-10-12-31(13-11-20)26(34)19-2-4-21(27)5-3-19/h2-9,20H,10-18H2,1H3,(H,28,32). The van der Waals surface area contributed by atoms with Crippen LogP contribution < -0.4 is 10.2 Å². The Labute approximate surface area is 204 Å². The van der Waals surface area contributed by atoms with E-state index in [1.165, 1.54) is 29.2 Å². The maximum absolute atomic E-state index is 13.1. The lowest BCUT2D eigenvalue weighted by molar-refractivity contribution is -0.138. The Morgan fingerprint density at radius 2 is 1.60 bits per heavy atom. The average molecular weight is 483 g/mol. The van der Waals surface area contributed by atoms with E-state index in [4.69, 9.17) is 4.74 Å². The van der Waals surface area contributed by atoms with E-state index in [9.17, 15) is 18.8 Å². The fraction of sp³-hybridized carbons (Fsp3) is 0.423. The number of morpholine rings is 1. The smallest absolute Gasteiger partial charge is 0.253 e. The molecule has 0 spiro atoms. The molecule has 2 aliphatic heterocycles. The van der Waals surface area contributed by atoms with Gasteiger partial charge in [0.25, 0.3) is 5.91 Å². The van der Waals surface area contributed by atoms with Gasteiger partial charge in [-0.25, -0.2) is 4.39 Å². The van der Waals surface area contributed by atoms with Crippen LogP contribution in [0.25, 0.3) is 0 Å². The van der Waals surface area contributed by atoms with Crippen molar-refractivity contribution in [2.45, 2.75) is 12.8 Å². The molecule has 8 nitrogen and oxygen atoms in total. The summed E-state index contributed by atoms with van der Waals surface area (Å²) in [4.78, 5) is 43.3. The van der Waals surface area contributed by atoms with Gasteiger partial charge in [-0.15, -0.1) is 0 Å². The SMILES string of the molecule is CN(CC(=O)Nc1ccc(N2CCOCC2)cc1)C(=O)C1CCN(C(=O)c2ccc(F)cc2)CC1. The van der Waals surface area contributed by atoms with Crippen molar-refractivity contribution in [3.8, 4) is 0 Å². The quantitative estimate of drug-likeness (QED) is 0.685. The van der Waals surface area contributed by atoms with E-state index in [0.29, 0.717) is 50.4 Å². The first-order chi connectivity index (χ1) is 16.9. The molecule has 0 bridgehead atoms. The van der Waals surface area contributed by atoms with Crippen LogP contribution in [-0.2, 0) is 14.3 Å². The van der Waals surface area contributed by atoms with E-state index in [0.717, 1.165) is 18.8 Å². The predicted octanol–water partition coefficient (Wildman–Crippen LogP) is 2.61. The van der Waals surface area contributed by atoms with Crippen LogP contribution in [0.2, 0.25) is 0 Å². The zero-order chi connectivity index (χ0) is 24.8. The second-order valence-corrected chi connectivity index (χ2v) is 8.96. The van der Waals surface area contributed by atoms with Crippen LogP contribution in [0, 0.1) is 11.7 Å². The molecular weight excluding hydrogens is 451 g/mol. The number of nitrogens with zero attached hydrogens (tertiary/aromatic N) is 3. The highest BCUT2D eigenvalue weighted by molar-refractivity contribution is 5.95. The number of anilines is 2. The van der Waals surface area contributed by atoms with E-state index in [1.807, 2.05) is 24.3 Å². The van der Waals surface area contributed by atoms with Crippen LogP contribution in [0.1, 0.15) is 23.2 Å². The molecule has 0 radical (unpaired) electrons. The molecule has 4 rings (SSSR count). The van der Waals surface area contributed by atoms with Crippen molar-refractivity contribution < 1.29 is 23.5 Å². The number of likely N-dealkylation sites (tertiary alicyclic amines) is 1. The van der Waals surface area contributed by atoms with Crippen molar-refractivity contribution in [1.29, 1.82) is 0 Å². The third-order valence-electron chi connectivity index (χ3n) is 6.51. The summed E-state index contributed by atoms with van der Waals surface area (Å²) in [6, 6.07) is 13.1. The van der Waals surface area contributed by atoms with Gasteiger partial charge in [-0.05, 0) is 61.4 Å². The Morgan fingerprint density at radius 3 is 2.23 bits per heavy atom. The van der Waals surface area contributed by atoms with Gasteiger partial charge in [-0.1, -0.05) is 0 Å². The fourth-order valence-corrected chi connectivity index (χ4v) is 4.49. The van der Waals surface area contributed by atoms with Crippen molar-refractivity contribution in [3.05, 3.63) is 59.9 Å². The molecule has 1 N–H and O–H groups in total. The van der Waals surface area contributed by atoms with Gasteiger partial charge in [0.1, 0.15) is 5.82 Å². The first kappa shape index (κ1) is 24.7. The average Bonchev–Trinajstić information content (AvgIpc) is 2.89. The summed E-state index contributed by atoms with van der Waals surface area (Å²) in [5, 5.41) is 2.85. The van der Waals surface area contributed by atoms with Crippen LogP contribution in [0.3, 0.4) is 0 Å². The van der Waals surface area contributed by atoms with Gasteiger partial charge in [0.15, 0.2) is 0 Å². The molecule has 2 aliphatic rings. The van der Waals surface area contributed by atoms with Gasteiger partial charge >= 0.3 is 0 Å². The van der Waals surface area contributed by atoms with Crippen molar-refractivity contribution >= 4 is 29.1 Å².